The summed E-state index contributed by atoms with van der Waals surface area (Å²) in [5, 5.41) is 11.2. The average Bonchev–Trinajstić information content (AvgIpc) is 2.74. The van der Waals surface area contributed by atoms with E-state index in [1.165, 1.54) is 17.1 Å². The van der Waals surface area contributed by atoms with Crippen molar-refractivity contribution < 1.29 is 9.90 Å². The van der Waals surface area contributed by atoms with E-state index < -0.39 is 5.97 Å². The van der Waals surface area contributed by atoms with Crippen molar-refractivity contribution in [2.45, 2.75) is 43.6 Å². The van der Waals surface area contributed by atoms with E-state index in [9.17, 15) is 9.90 Å². The number of hydrogen-bond acceptors (Lipinski definition) is 5. The zero-order chi connectivity index (χ0) is 14.2. The number of aromatic nitrogens is 1. The van der Waals surface area contributed by atoms with Crippen LogP contribution >= 0.6 is 34.9 Å². The lowest BCUT2D eigenvalue weighted by molar-refractivity contribution is 0.0699. The number of carboxylic acids is 1. The van der Waals surface area contributed by atoms with Crippen molar-refractivity contribution in [3.63, 3.8) is 0 Å². The third-order valence-corrected chi connectivity index (χ3v) is 7.35. The molecule has 19 heavy (non-hydrogen) atoms. The molecule has 0 amide bonds. The average molecular weight is 318 g/mol. The summed E-state index contributed by atoms with van der Waals surface area (Å²) in [6.45, 7) is 8.26. The predicted octanol–water partition coefficient (Wildman–Crippen LogP) is 4.05. The Morgan fingerprint density at radius 3 is 2.42 bits per heavy atom. The van der Waals surface area contributed by atoms with E-state index in [-0.39, 0.29) is 5.41 Å². The Hall–Kier alpha value is -0.200. The standard InChI is InChI=1S/C13H19NO2S3/c1-7-8(18-6-5-17-7)11-14-10(13(2,3)4)9(19-11)12(15)16/h7-8H,5-6H2,1-4H3,(H,15,16). The second-order valence-corrected chi connectivity index (χ2v) is 9.42. The monoisotopic (exact) mass is 317 g/mol. The smallest absolute Gasteiger partial charge is 0.347 e. The Bertz CT molecular complexity index is 479. The molecule has 1 fully saturated rings. The van der Waals surface area contributed by atoms with Gasteiger partial charge in [0, 0.05) is 22.2 Å². The van der Waals surface area contributed by atoms with Gasteiger partial charge in [0.15, 0.2) is 0 Å². The largest absolute Gasteiger partial charge is 0.477 e. The highest BCUT2D eigenvalue weighted by atomic mass is 32.2. The van der Waals surface area contributed by atoms with Crippen molar-refractivity contribution in [1.29, 1.82) is 0 Å². The molecule has 106 valence electrons. The van der Waals surface area contributed by atoms with E-state index >= 15 is 0 Å². The molecular weight excluding hydrogens is 298 g/mol. The number of thiazole rings is 1. The summed E-state index contributed by atoms with van der Waals surface area (Å²) in [6.07, 6.45) is 0. The lowest BCUT2D eigenvalue weighted by atomic mass is 9.91. The van der Waals surface area contributed by atoms with Crippen LogP contribution in [-0.4, -0.2) is 32.8 Å². The molecule has 2 heterocycles. The van der Waals surface area contributed by atoms with E-state index in [2.05, 4.69) is 11.9 Å². The molecule has 2 unspecified atom stereocenters. The van der Waals surface area contributed by atoms with Gasteiger partial charge in [-0.1, -0.05) is 27.7 Å². The fourth-order valence-electron chi connectivity index (χ4n) is 2.02. The molecule has 6 heteroatoms. The molecule has 1 saturated heterocycles. The Balaban J connectivity index is 2.40. The normalized spacial score (nSPS) is 24.4. The van der Waals surface area contributed by atoms with Gasteiger partial charge >= 0.3 is 5.97 Å². The van der Waals surface area contributed by atoms with Crippen molar-refractivity contribution in [3.05, 3.63) is 15.6 Å². The molecule has 1 aromatic heterocycles. The molecule has 0 radical (unpaired) electrons. The second kappa shape index (κ2) is 5.66. The maximum absolute atomic E-state index is 11.4. The maximum atomic E-state index is 11.4. The topological polar surface area (TPSA) is 50.2 Å². The van der Waals surface area contributed by atoms with E-state index in [4.69, 9.17) is 0 Å². The molecule has 2 atom stereocenters. The first-order chi connectivity index (χ1) is 8.80. The summed E-state index contributed by atoms with van der Waals surface area (Å²) in [4.78, 5) is 16.5. The zero-order valence-electron chi connectivity index (χ0n) is 11.6. The molecule has 2 rings (SSSR count). The van der Waals surface area contributed by atoms with E-state index in [1.807, 2.05) is 44.3 Å². The Labute approximate surface area is 126 Å². The van der Waals surface area contributed by atoms with E-state index in [0.29, 0.717) is 15.4 Å². The van der Waals surface area contributed by atoms with Gasteiger partial charge in [-0.05, 0) is 0 Å². The molecule has 0 bridgehead atoms. The first-order valence-electron chi connectivity index (χ1n) is 6.28. The summed E-state index contributed by atoms with van der Waals surface area (Å²) >= 11 is 5.21. The molecule has 0 aliphatic carbocycles. The molecule has 1 aliphatic rings. The van der Waals surface area contributed by atoms with Gasteiger partial charge in [0.05, 0.1) is 10.9 Å². The van der Waals surface area contributed by atoms with Crippen molar-refractivity contribution in [2.75, 3.05) is 11.5 Å². The third-order valence-electron chi connectivity index (χ3n) is 2.98. The fourth-order valence-corrected chi connectivity index (χ4v) is 6.29. The number of carboxylic acid groups (broad SMARTS) is 1. The van der Waals surface area contributed by atoms with E-state index in [0.717, 1.165) is 16.5 Å². The molecule has 0 saturated carbocycles. The SMILES string of the molecule is CC1SCCSC1c1nc(C(C)(C)C)c(C(=O)O)s1. The molecule has 0 aromatic carbocycles. The van der Waals surface area contributed by atoms with Crippen LogP contribution in [0.2, 0.25) is 0 Å². The van der Waals surface area contributed by atoms with Crippen LogP contribution in [0.3, 0.4) is 0 Å². The molecule has 1 N–H and O–H groups in total. The van der Waals surface area contributed by atoms with Gasteiger partial charge < -0.3 is 5.11 Å². The quantitative estimate of drug-likeness (QED) is 0.892. The number of aromatic carboxylic acids is 1. The van der Waals surface area contributed by atoms with Crippen molar-refractivity contribution >= 4 is 40.8 Å². The second-order valence-electron chi connectivity index (χ2n) is 5.65. The van der Waals surface area contributed by atoms with Crippen LogP contribution in [-0.2, 0) is 5.41 Å². The number of nitrogens with zero attached hydrogens (tertiary/aromatic N) is 1. The molecule has 3 nitrogen and oxygen atoms in total. The highest BCUT2D eigenvalue weighted by Crippen LogP contribution is 2.45. The summed E-state index contributed by atoms with van der Waals surface area (Å²) in [7, 11) is 0. The van der Waals surface area contributed by atoms with Crippen LogP contribution < -0.4 is 0 Å². The maximum Gasteiger partial charge on any atom is 0.347 e. The predicted molar refractivity (Wildman–Crippen MR) is 84.9 cm³/mol. The highest BCUT2D eigenvalue weighted by Gasteiger charge is 2.32. The van der Waals surface area contributed by atoms with Crippen LogP contribution in [0.4, 0.5) is 0 Å². The van der Waals surface area contributed by atoms with Gasteiger partial charge in [-0.25, -0.2) is 9.78 Å². The first-order valence-corrected chi connectivity index (χ1v) is 9.20. The number of carbonyl (C=O) groups is 1. The van der Waals surface area contributed by atoms with E-state index in [1.54, 1.807) is 0 Å². The minimum Gasteiger partial charge on any atom is -0.477 e. The first kappa shape index (κ1) is 15.2. The molecule has 0 spiro atoms. The highest BCUT2D eigenvalue weighted by molar-refractivity contribution is 8.06. The summed E-state index contributed by atoms with van der Waals surface area (Å²) in [6, 6.07) is 0. The third kappa shape index (κ3) is 3.28. The van der Waals surface area contributed by atoms with Crippen LogP contribution in [0.1, 0.15) is 53.3 Å². The summed E-state index contributed by atoms with van der Waals surface area (Å²) < 4.78 is 0. The Morgan fingerprint density at radius 2 is 1.95 bits per heavy atom. The Kier molecular flexibility index (Phi) is 4.52. The van der Waals surface area contributed by atoms with Crippen molar-refractivity contribution in [3.8, 4) is 0 Å². The van der Waals surface area contributed by atoms with Crippen LogP contribution in [0.25, 0.3) is 0 Å². The van der Waals surface area contributed by atoms with Crippen molar-refractivity contribution in [2.24, 2.45) is 0 Å². The van der Waals surface area contributed by atoms with Gasteiger partial charge in [0.25, 0.3) is 0 Å². The number of thioether (sulfide) groups is 2. The van der Waals surface area contributed by atoms with Gasteiger partial charge in [-0.2, -0.15) is 11.8 Å². The van der Waals surface area contributed by atoms with Gasteiger partial charge in [-0.15, -0.1) is 23.1 Å². The molecule has 1 aromatic rings. The minimum atomic E-state index is -0.852. The lowest BCUT2D eigenvalue weighted by Gasteiger charge is -2.26. The van der Waals surface area contributed by atoms with Crippen LogP contribution in [0, 0.1) is 0 Å². The van der Waals surface area contributed by atoms with Crippen LogP contribution in [0.5, 0.6) is 0 Å². The summed E-state index contributed by atoms with van der Waals surface area (Å²) in [5.74, 6) is 1.44. The Morgan fingerprint density at radius 1 is 1.32 bits per heavy atom. The van der Waals surface area contributed by atoms with Crippen LogP contribution in [0.15, 0.2) is 0 Å². The van der Waals surface area contributed by atoms with Gasteiger partial charge in [-0.3, -0.25) is 0 Å². The zero-order valence-corrected chi connectivity index (χ0v) is 14.0. The minimum absolute atomic E-state index is 0.224. The van der Waals surface area contributed by atoms with Gasteiger partial charge in [0.2, 0.25) is 0 Å². The van der Waals surface area contributed by atoms with Crippen molar-refractivity contribution in [1.82, 2.24) is 4.98 Å². The fraction of sp³-hybridized carbons (Fsp3) is 0.692. The molecular formula is C13H19NO2S3. The molecule has 1 aliphatic heterocycles. The van der Waals surface area contributed by atoms with Gasteiger partial charge in [0.1, 0.15) is 9.88 Å². The summed E-state index contributed by atoms with van der Waals surface area (Å²) in [5.41, 5.74) is 0.501. The lowest BCUT2D eigenvalue weighted by Crippen LogP contribution is -2.18. The number of rotatable bonds is 2. The number of hydrogen-bond donors (Lipinski definition) is 1.